The third-order valence-corrected chi connectivity index (χ3v) is 8.07. The summed E-state index contributed by atoms with van der Waals surface area (Å²) < 4.78 is 17.2. The topological polar surface area (TPSA) is 95.8 Å². The van der Waals surface area contributed by atoms with Crippen molar-refractivity contribution in [2.75, 3.05) is 25.4 Å². The molecule has 3 aromatic carbocycles. The molecule has 0 saturated heterocycles. The van der Waals surface area contributed by atoms with E-state index in [4.69, 9.17) is 19.3 Å². The van der Waals surface area contributed by atoms with Crippen LogP contribution in [0.1, 0.15) is 102 Å². The van der Waals surface area contributed by atoms with Gasteiger partial charge in [-0.1, -0.05) is 78.1 Å². The number of nitrogens with zero attached hydrogens (tertiary/aromatic N) is 2. The van der Waals surface area contributed by atoms with E-state index >= 15 is 0 Å². The van der Waals surface area contributed by atoms with Gasteiger partial charge in [0.05, 0.1) is 37.4 Å². The summed E-state index contributed by atoms with van der Waals surface area (Å²) in [5.74, 6) is 2.12. The number of rotatable bonds is 20. The first-order chi connectivity index (χ1) is 22.5. The van der Waals surface area contributed by atoms with Gasteiger partial charge in [0.1, 0.15) is 28.7 Å². The standard InChI is InChI=1S/C38H51N3O5/c1-4-6-8-10-12-14-24-45-31-20-22-33(37(42)26-31)35-28-36(40-41(39-35)29-16-18-30(44-3)19-17-29)34-23-21-32(27-38(34)43)46-25-15-13-11-9-7-5-2/h16-23,26-28,39,42-43H,4-15,24-25H2,1-3H3. The predicted molar refractivity (Wildman–Crippen MR) is 187 cm³/mol. The van der Waals surface area contributed by atoms with Crippen LogP contribution < -0.4 is 24.8 Å². The van der Waals surface area contributed by atoms with E-state index < -0.39 is 0 Å². The number of ether oxygens (including phenoxy) is 3. The fraction of sp³-hybridized carbons (Fsp3) is 0.447. The highest BCUT2D eigenvalue weighted by Crippen LogP contribution is 2.33. The largest absolute Gasteiger partial charge is 0.507 e. The van der Waals surface area contributed by atoms with Crippen LogP contribution in [0.5, 0.6) is 28.7 Å². The van der Waals surface area contributed by atoms with Gasteiger partial charge in [-0.05, 0) is 67.4 Å². The number of hydrogen-bond acceptors (Lipinski definition) is 8. The Morgan fingerprint density at radius 3 is 1.65 bits per heavy atom. The summed E-state index contributed by atoms with van der Waals surface area (Å²) in [6.07, 6.45) is 16.1. The Hall–Kier alpha value is -4.33. The van der Waals surface area contributed by atoms with E-state index in [1.165, 1.54) is 51.4 Å². The summed E-state index contributed by atoms with van der Waals surface area (Å²) in [5.41, 5.74) is 6.31. The number of allylic oxidation sites excluding steroid dienone is 1. The molecule has 248 valence electrons. The number of phenolic OH excluding ortho intramolecular Hbond substituents is 2. The van der Waals surface area contributed by atoms with E-state index in [1.807, 2.05) is 54.6 Å². The van der Waals surface area contributed by atoms with Crippen LogP contribution in [0.3, 0.4) is 0 Å². The van der Waals surface area contributed by atoms with Crippen molar-refractivity contribution in [1.29, 1.82) is 0 Å². The van der Waals surface area contributed by atoms with Crippen LogP contribution in [0.2, 0.25) is 0 Å². The molecule has 0 saturated carbocycles. The molecule has 1 heterocycles. The summed E-state index contributed by atoms with van der Waals surface area (Å²) in [6, 6.07) is 18.1. The maximum atomic E-state index is 11.1. The number of hydrazone groups is 1. The van der Waals surface area contributed by atoms with Crippen LogP contribution in [0.4, 0.5) is 5.69 Å². The third kappa shape index (κ3) is 10.4. The van der Waals surface area contributed by atoms with E-state index in [0.29, 0.717) is 47.2 Å². The molecule has 3 aromatic rings. The molecule has 8 nitrogen and oxygen atoms in total. The minimum Gasteiger partial charge on any atom is -0.507 e. The number of hydrogen-bond donors (Lipinski definition) is 3. The van der Waals surface area contributed by atoms with Crippen molar-refractivity contribution < 1.29 is 24.4 Å². The highest BCUT2D eigenvalue weighted by Gasteiger charge is 2.21. The Morgan fingerprint density at radius 1 is 0.630 bits per heavy atom. The normalized spacial score (nSPS) is 12.7. The zero-order chi connectivity index (χ0) is 32.6. The van der Waals surface area contributed by atoms with Crippen molar-refractivity contribution in [3.05, 3.63) is 77.9 Å². The van der Waals surface area contributed by atoms with Crippen molar-refractivity contribution in [3.63, 3.8) is 0 Å². The second-order valence-electron chi connectivity index (χ2n) is 11.8. The van der Waals surface area contributed by atoms with Gasteiger partial charge in [-0.3, -0.25) is 5.43 Å². The van der Waals surface area contributed by atoms with E-state index in [1.54, 1.807) is 24.4 Å². The highest BCUT2D eigenvalue weighted by atomic mass is 16.5. The number of nitrogens with one attached hydrogen (secondary N) is 1. The van der Waals surface area contributed by atoms with E-state index in [9.17, 15) is 10.2 Å². The van der Waals surface area contributed by atoms with Crippen LogP contribution in [0.15, 0.2) is 71.8 Å². The van der Waals surface area contributed by atoms with Crippen molar-refractivity contribution in [2.24, 2.45) is 5.10 Å². The average molecular weight is 630 g/mol. The molecule has 0 bridgehead atoms. The lowest BCUT2D eigenvalue weighted by atomic mass is 10.0. The van der Waals surface area contributed by atoms with Crippen molar-refractivity contribution in [3.8, 4) is 28.7 Å². The smallest absolute Gasteiger partial charge is 0.128 e. The summed E-state index contributed by atoms with van der Waals surface area (Å²) in [6.45, 7) is 5.67. The van der Waals surface area contributed by atoms with Gasteiger partial charge in [0, 0.05) is 23.3 Å². The number of hydrazine groups is 1. The molecule has 0 unspecified atom stereocenters. The van der Waals surface area contributed by atoms with Crippen LogP contribution in [-0.2, 0) is 0 Å². The van der Waals surface area contributed by atoms with Crippen LogP contribution in [-0.4, -0.2) is 36.2 Å². The number of methoxy groups -OCH3 is 1. The summed E-state index contributed by atoms with van der Waals surface area (Å²) in [7, 11) is 1.62. The molecule has 0 radical (unpaired) electrons. The van der Waals surface area contributed by atoms with Gasteiger partial charge in [0.25, 0.3) is 0 Å². The lowest BCUT2D eigenvalue weighted by Gasteiger charge is -2.28. The second kappa shape index (κ2) is 18.6. The second-order valence-corrected chi connectivity index (χ2v) is 11.8. The van der Waals surface area contributed by atoms with E-state index in [0.717, 1.165) is 37.1 Å². The first-order valence-electron chi connectivity index (χ1n) is 17.0. The minimum atomic E-state index is 0.0639. The van der Waals surface area contributed by atoms with Gasteiger partial charge in [-0.2, -0.15) is 10.2 Å². The maximum absolute atomic E-state index is 11.1. The van der Waals surface area contributed by atoms with Crippen molar-refractivity contribution in [2.45, 2.75) is 90.9 Å². The molecule has 4 rings (SSSR count). The number of aromatic hydroxyl groups is 2. The Labute approximate surface area is 274 Å². The minimum absolute atomic E-state index is 0.0639. The van der Waals surface area contributed by atoms with Gasteiger partial charge < -0.3 is 24.4 Å². The molecule has 0 spiro atoms. The molecule has 0 aromatic heterocycles. The van der Waals surface area contributed by atoms with E-state index in [-0.39, 0.29) is 11.5 Å². The first kappa shape index (κ1) is 34.5. The average Bonchev–Trinajstić information content (AvgIpc) is 3.07. The first-order valence-corrected chi connectivity index (χ1v) is 17.0. The third-order valence-electron chi connectivity index (χ3n) is 8.07. The zero-order valence-electron chi connectivity index (χ0n) is 27.8. The Bertz CT molecular complexity index is 1420. The molecule has 8 heteroatoms. The lowest BCUT2D eigenvalue weighted by Crippen LogP contribution is -2.36. The zero-order valence-corrected chi connectivity index (χ0v) is 27.8. The quantitative estimate of drug-likeness (QED) is 0.107. The predicted octanol–water partition coefficient (Wildman–Crippen LogP) is 9.35. The molecule has 0 aliphatic carbocycles. The van der Waals surface area contributed by atoms with Gasteiger partial charge >= 0.3 is 0 Å². The van der Waals surface area contributed by atoms with Gasteiger partial charge in [-0.25, -0.2) is 0 Å². The van der Waals surface area contributed by atoms with Crippen LogP contribution >= 0.6 is 0 Å². The number of benzene rings is 3. The van der Waals surface area contributed by atoms with Crippen molar-refractivity contribution in [1.82, 2.24) is 5.43 Å². The molecule has 1 aliphatic heterocycles. The van der Waals surface area contributed by atoms with Crippen molar-refractivity contribution >= 4 is 17.1 Å². The fourth-order valence-electron chi connectivity index (χ4n) is 5.35. The van der Waals surface area contributed by atoms with Gasteiger partial charge in [0.2, 0.25) is 0 Å². The Balaban J connectivity index is 1.49. The fourth-order valence-corrected chi connectivity index (χ4v) is 5.35. The van der Waals surface area contributed by atoms with Gasteiger partial charge in [0.15, 0.2) is 0 Å². The number of anilines is 1. The maximum Gasteiger partial charge on any atom is 0.128 e. The molecule has 0 amide bonds. The highest BCUT2D eigenvalue weighted by molar-refractivity contribution is 6.15. The summed E-state index contributed by atoms with van der Waals surface area (Å²) in [5, 5.41) is 28.6. The summed E-state index contributed by atoms with van der Waals surface area (Å²) >= 11 is 0. The summed E-state index contributed by atoms with van der Waals surface area (Å²) in [4.78, 5) is 0. The molecule has 0 atom stereocenters. The SMILES string of the molecule is CCCCCCCCOc1ccc(C2=CC(c3ccc(OCCCCCCCC)cc3O)=NN(c3ccc(OC)cc3)N2)c(O)c1. The molecular weight excluding hydrogens is 578 g/mol. The van der Waals surface area contributed by atoms with Crippen LogP contribution in [0, 0.1) is 0 Å². The van der Waals surface area contributed by atoms with E-state index in [2.05, 4.69) is 19.3 Å². The Kier molecular flexibility index (Phi) is 14.0. The number of unbranched alkanes of at least 4 members (excludes halogenated alkanes) is 10. The Morgan fingerprint density at radius 2 is 1.13 bits per heavy atom. The molecule has 3 N–H and O–H groups in total. The van der Waals surface area contributed by atoms with Crippen LogP contribution in [0.25, 0.3) is 5.70 Å². The molecule has 0 fully saturated rings. The van der Waals surface area contributed by atoms with Gasteiger partial charge in [-0.15, -0.1) is 0 Å². The lowest BCUT2D eigenvalue weighted by molar-refractivity contribution is 0.302. The molecule has 1 aliphatic rings. The number of phenols is 2. The molecular formula is C38H51N3O5. The monoisotopic (exact) mass is 629 g/mol. The molecule has 46 heavy (non-hydrogen) atoms.